The van der Waals surface area contributed by atoms with Crippen LogP contribution in [0.25, 0.3) is 0 Å². The lowest BCUT2D eigenvalue weighted by atomic mass is 9.89. The molecule has 2 amide bonds. The Hall–Kier alpha value is -2.15. The molecule has 1 unspecified atom stereocenters. The lowest BCUT2D eigenvalue weighted by molar-refractivity contribution is -0.122. The molecule has 0 radical (unpaired) electrons. The first-order valence-corrected chi connectivity index (χ1v) is 8.94. The Balaban J connectivity index is 1.82. The molecule has 2 aliphatic rings. The van der Waals surface area contributed by atoms with E-state index in [0.29, 0.717) is 40.7 Å². The van der Waals surface area contributed by atoms with Gasteiger partial charge in [-0.15, -0.1) is 0 Å². The number of amides is 2. The SMILES string of the molecule is CNC(=O)N1CCC(C2(C)Oc3c(Cl)cc(C(=O)OC)c(C)c3O2)CC1. The molecule has 1 aromatic rings. The highest BCUT2D eigenvalue weighted by Gasteiger charge is 2.47. The van der Waals surface area contributed by atoms with Gasteiger partial charge in [0.05, 0.1) is 17.7 Å². The lowest BCUT2D eigenvalue weighted by Crippen LogP contribution is -2.51. The van der Waals surface area contributed by atoms with Crippen molar-refractivity contribution < 1.29 is 23.8 Å². The molecule has 2 heterocycles. The third-order valence-electron chi connectivity index (χ3n) is 5.19. The van der Waals surface area contributed by atoms with Crippen LogP contribution < -0.4 is 14.8 Å². The van der Waals surface area contributed by atoms with Gasteiger partial charge < -0.3 is 24.4 Å². The van der Waals surface area contributed by atoms with E-state index in [1.165, 1.54) is 7.11 Å². The summed E-state index contributed by atoms with van der Waals surface area (Å²) in [6.07, 6.45) is 1.50. The number of rotatable bonds is 2. The summed E-state index contributed by atoms with van der Waals surface area (Å²) in [4.78, 5) is 25.5. The summed E-state index contributed by atoms with van der Waals surface area (Å²) < 4.78 is 17.1. The first-order valence-electron chi connectivity index (χ1n) is 8.56. The number of ether oxygens (including phenoxy) is 3. The fraction of sp³-hybridized carbons (Fsp3) is 0.556. The summed E-state index contributed by atoms with van der Waals surface area (Å²) >= 11 is 6.32. The molecule has 3 rings (SSSR count). The van der Waals surface area contributed by atoms with E-state index in [2.05, 4.69) is 5.32 Å². The van der Waals surface area contributed by atoms with Gasteiger partial charge in [-0.3, -0.25) is 0 Å². The zero-order valence-corrected chi connectivity index (χ0v) is 16.1. The number of methoxy groups -OCH3 is 1. The minimum atomic E-state index is -0.889. The smallest absolute Gasteiger partial charge is 0.338 e. The number of urea groups is 1. The third-order valence-corrected chi connectivity index (χ3v) is 5.47. The Bertz CT molecular complexity index is 746. The van der Waals surface area contributed by atoms with E-state index in [1.54, 1.807) is 24.9 Å². The number of carbonyl (C=O) groups is 2. The van der Waals surface area contributed by atoms with E-state index in [0.717, 1.165) is 12.8 Å². The first-order chi connectivity index (χ1) is 12.3. The molecule has 0 bridgehead atoms. The van der Waals surface area contributed by atoms with Crippen LogP contribution in [0.2, 0.25) is 5.02 Å². The topological polar surface area (TPSA) is 77.1 Å². The Labute approximate surface area is 157 Å². The van der Waals surface area contributed by atoms with Gasteiger partial charge in [0.1, 0.15) is 0 Å². The number of likely N-dealkylation sites (tertiary alicyclic amines) is 1. The summed E-state index contributed by atoms with van der Waals surface area (Å²) in [5, 5.41) is 2.96. The molecule has 2 aliphatic heterocycles. The summed E-state index contributed by atoms with van der Waals surface area (Å²) in [5.41, 5.74) is 1.00. The highest BCUT2D eigenvalue weighted by molar-refractivity contribution is 6.32. The van der Waals surface area contributed by atoms with Crippen LogP contribution in [0.1, 0.15) is 35.7 Å². The van der Waals surface area contributed by atoms with Gasteiger partial charge in [0.25, 0.3) is 5.79 Å². The van der Waals surface area contributed by atoms with Crippen LogP contribution >= 0.6 is 11.6 Å². The van der Waals surface area contributed by atoms with Gasteiger partial charge in [0, 0.05) is 38.5 Å². The van der Waals surface area contributed by atoms with Crippen LogP contribution in [0.3, 0.4) is 0 Å². The Morgan fingerprint density at radius 2 is 1.92 bits per heavy atom. The average molecular weight is 383 g/mol. The van der Waals surface area contributed by atoms with Crippen molar-refractivity contribution in [2.45, 2.75) is 32.5 Å². The predicted octanol–water partition coefficient (Wildman–Crippen LogP) is 2.97. The number of halogens is 1. The first kappa shape index (κ1) is 18.6. The van der Waals surface area contributed by atoms with Crippen LogP contribution in [0.15, 0.2) is 6.07 Å². The number of fused-ring (bicyclic) bond motifs is 1. The molecule has 1 fully saturated rings. The second-order valence-electron chi connectivity index (χ2n) is 6.72. The minimum Gasteiger partial charge on any atom is -0.465 e. The summed E-state index contributed by atoms with van der Waals surface area (Å²) in [6.45, 7) is 4.91. The molecule has 1 aromatic carbocycles. The van der Waals surface area contributed by atoms with Crippen molar-refractivity contribution >= 4 is 23.6 Å². The van der Waals surface area contributed by atoms with E-state index in [-0.39, 0.29) is 11.9 Å². The quantitative estimate of drug-likeness (QED) is 0.796. The van der Waals surface area contributed by atoms with Crippen LogP contribution in [0.5, 0.6) is 11.5 Å². The zero-order chi connectivity index (χ0) is 19.1. The van der Waals surface area contributed by atoms with Gasteiger partial charge >= 0.3 is 12.0 Å². The number of esters is 1. The molecule has 0 saturated carbocycles. The fourth-order valence-electron chi connectivity index (χ4n) is 3.60. The molecule has 0 aliphatic carbocycles. The molecular weight excluding hydrogens is 360 g/mol. The van der Waals surface area contributed by atoms with E-state index in [1.807, 2.05) is 6.92 Å². The van der Waals surface area contributed by atoms with Crippen LogP contribution in [0.4, 0.5) is 4.79 Å². The molecular formula is C18H23ClN2O5. The number of hydrogen-bond acceptors (Lipinski definition) is 5. The molecule has 142 valence electrons. The molecule has 1 atom stereocenters. The summed E-state index contributed by atoms with van der Waals surface area (Å²) in [7, 11) is 2.95. The number of nitrogens with one attached hydrogen (secondary N) is 1. The highest BCUT2D eigenvalue weighted by atomic mass is 35.5. The summed E-state index contributed by atoms with van der Waals surface area (Å²) in [5.74, 6) is -0.335. The van der Waals surface area contributed by atoms with Crippen LogP contribution in [-0.2, 0) is 4.74 Å². The number of nitrogens with zero attached hydrogens (tertiary/aromatic N) is 1. The van der Waals surface area contributed by atoms with E-state index < -0.39 is 11.8 Å². The van der Waals surface area contributed by atoms with Gasteiger partial charge in [-0.25, -0.2) is 9.59 Å². The molecule has 7 nitrogen and oxygen atoms in total. The Morgan fingerprint density at radius 3 is 2.50 bits per heavy atom. The number of carbonyl (C=O) groups excluding carboxylic acids is 2. The normalized spacial score (nSPS) is 22.3. The largest absolute Gasteiger partial charge is 0.465 e. The van der Waals surface area contributed by atoms with Gasteiger partial charge in [-0.2, -0.15) is 0 Å². The van der Waals surface area contributed by atoms with Crippen molar-refractivity contribution in [3.05, 3.63) is 22.2 Å². The van der Waals surface area contributed by atoms with Gasteiger partial charge in [-0.1, -0.05) is 11.6 Å². The number of hydrogen-bond donors (Lipinski definition) is 1. The lowest BCUT2D eigenvalue weighted by Gasteiger charge is -2.38. The highest BCUT2D eigenvalue weighted by Crippen LogP contribution is 2.51. The summed E-state index contributed by atoms with van der Waals surface area (Å²) in [6, 6.07) is 1.47. The maximum absolute atomic E-state index is 12.0. The number of benzene rings is 1. The molecule has 1 N–H and O–H groups in total. The molecule has 1 saturated heterocycles. The van der Waals surface area contributed by atoms with Crippen LogP contribution in [-0.4, -0.2) is 49.9 Å². The van der Waals surface area contributed by atoms with E-state index in [4.69, 9.17) is 25.8 Å². The van der Waals surface area contributed by atoms with Crippen molar-refractivity contribution in [3.63, 3.8) is 0 Å². The monoisotopic (exact) mass is 382 g/mol. The Kier molecular flexibility index (Phi) is 4.92. The average Bonchev–Trinajstić information content (AvgIpc) is 3.03. The molecule has 0 aromatic heterocycles. The fourth-order valence-corrected chi connectivity index (χ4v) is 3.83. The van der Waals surface area contributed by atoms with Gasteiger partial charge in [0.2, 0.25) is 0 Å². The van der Waals surface area contributed by atoms with Gasteiger partial charge in [-0.05, 0) is 25.8 Å². The van der Waals surface area contributed by atoms with E-state index >= 15 is 0 Å². The maximum Gasteiger partial charge on any atom is 0.338 e. The Morgan fingerprint density at radius 1 is 1.31 bits per heavy atom. The van der Waals surface area contributed by atoms with Gasteiger partial charge in [0.15, 0.2) is 11.5 Å². The van der Waals surface area contributed by atoms with E-state index in [9.17, 15) is 9.59 Å². The standard InChI is InChI=1S/C18H23ClN2O5/c1-10-12(16(22)24-4)9-13(19)15-14(10)25-18(2,26-15)11-5-7-21(8-6-11)17(23)20-3/h9,11H,5-8H2,1-4H3,(H,20,23). The van der Waals surface area contributed by atoms with Crippen molar-refractivity contribution in [2.24, 2.45) is 5.92 Å². The second kappa shape index (κ2) is 6.87. The van der Waals surface area contributed by atoms with Crippen LogP contribution in [0, 0.1) is 12.8 Å². The second-order valence-corrected chi connectivity index (χ2v) is 7.12. The minimum absolute atomic E-state index is 0.0771. The van der Waals surface area contributed by atoms with Crippen molar-refractivity contribution in [1.29, 1.82) is 0 Å². The van der Waals surface area contributed by atoms with Crippen molar-refractivity contribution in [3.8, 4) is 11.5 Å². The molecule has 0 spiro atoms. The molecule has 8 heteroatoms. The maximum atomic E-state index is 12.0. The zero-order valence-electron chi connectivity index (χ0n) is 15.3. The molecule has 26 heavy (non-hydrogen) atoms. The third kappa shape index (κ3) is 3.05. The number of piperidine rings is 1. The van der Waals surface area contributed by atoms with Crippen molar-refractivity contribution in [1.82, 2.24) is 10.2 Å². The van der Waals surface area contributed by atoms with Crippen molar-refractivity contribution in [2.75, 3.05) is 27.2 Å². The predicted molar refractivity (Wildman–Crippen MR) is 95.9 cm³/mol.